The molecule has 7 nitrogen and oxygen atoms in total. The molecule has 0 spiro atoms. The minimum absolute atomic E-state index is 0.00487. The molecule has 1 amide bonds. The smallest absolute Gasteiger partial charge is 0.384 e. The molecule has 2 aromatic heterocycles. The first-order valence-corrected chi connectivity index (χ1v) is 10.3. The van der Waals surface area contributed by atoms with E-state index in [0.717, 1.165) is 12.1 Å². The van der Waals surface area contributed by atoms with Crippen LogP contribution in [0.5, 0.6) is 0 Å². The molecular weight excluding hydrogens is 457 g/mol. The van der Waals surface area contributed by atoms with Crippen LogP contribution in [0.3, 0.4) is 0 Å². The molecule has 0 fully saturated rings. The van der Waals surface area contributed by atoms with Crippen LogP contribution in [0.15, 0.2) is 72.8 Å². The molecule has 3 aromatic carbocycles. The van der Waals surface area contributed by atoms with Gasteiger partial charge in [0.05, 0.1) is 16.6 Å². The van der Waals surface area contributed by atoms with Gasteiger partial charge in [0.1, 0.15) is 23.0 Å². The lowest BCUT2D eigenvalue weighted by Crippen LogP contribution is -2.14. The number of anilines is 2. The third-order valence-corrected chi connectivity index (χ3v) is 5.42. The van der Waals surface area contributed by atoms with E-state index in [1.54, 1.807) is 24.3 Å². The molecule has 0 unspecified atom stereocenters. The number of amides is 1. The Labute approximate surface area is 196 Å². The fourth-order valence-corrected chi connectivity index (χ4v) is 3.80. The van der Waals surface area contributed by atoms with E-state index in [-0.39, 0.29) is 22.6 Å². The van der Waals surface area contributed by atoms with Crippen molar-refractivity contribution < 1.29 is 18.0 Å². The van der Waals surface area contributed by atoms with E-state index in [4.69, 9.17) is 5.73 Å². The predicted molar refractivity (Wildman–Crippen MR) is 125 cm³/mol. The molecule has 5 aromatic rings. The number of benzene rings is 3. The molecule has 0 saturated carbocycles. The Bertz CT molecular complexity index is 1670. The highest BCUT2D eigenvalue weighted by atomic mass is 19.4. The number of nitriles is 1. The minimum atomic E-state index is -4.53. The van der Waals surface area contributed by atoms with Crippen molar-refractivity contribution in [3.63, 3.8) is 0 Å². The molecule has 0 saturated heterocycles. The number of para-hydroxylation sites is 2. The lowest BCUT2D eigenvalue weighted by atomic mass is 10.1. The lowest BCUT2D eigenvalue weighted by Gasteiger charge is -2.12. The monoisotopic (exact) mass is 472 g/mol. The number of fused-ring (bicyclic) bond motifs is 2. The molecule has 0 atom stereocenters. The lowest BCUT2D eigenvalue weighted by molar-refractivity contribution is -0.137. The first kappa shape index (κ1) is 21.9. The summed E-state index contributed by atoms with van der Waals surface area (Å²) in [6.45, 7) is 0. The standard InChI is InChI=1S/C25H15F3N6O/c26-25(27,28)15-6-4-7-16(12-15)31-24(35)14-5-3-8-17(11-14)34-22(30)18(13-29)21-23(34)33-20-10-2-1-9-19(20)32-21/h1-12H,30H2,(H,31,35). The molecular formula is C25H15F3N6O. The highest BCUT2D eigenvalue weighted by molar-refractivity contribution is 6.05. The molecule has 0 aliphatic heterocycles. The minimum Gasteiger partial charge on any atom is -0.384 e. The Morgan fingerprint density at radius 3 is 2.40 bits per heavy atom. The second kappa shape index (κ2) is 8.14. The molecule has 35 heavy (non-hydrogen) atoms. The molecule has 0 aliphatic rings. The Morgan fingerprint density at radius 1 is 0.971 bits per heavy atom. The fraction of sp³-hybridized carbons (Fsp3) is 0.0400. The summed E-state index contributed by atoms with van der Waals surface area (Å²) >= 11 is 0. The van der Waals surface area contributed by atoms with E-state index in [1.807, 2.05) is 12.1 Å². The fourth-order valence-electron chi connectivity index (χ4n) is 3.80. The van der Waals surface area contributed by atoms with Crippen molar-refractivity contribution in [2.75, 3.05) is 11.1 Å². The van der Waals surface area contributed by atoms with Gasteiger partial charge in [-0.05, 0) is 48.5 Å². The number of halogens is 3. The molecule has 3 N–H and O–H groups in total. The first-order chi connectivity index (χ1) is 16.8. The summed E-state index contributed by atoms with van der Waals surface area (Å²) in [6.07, 6.45) is -4.53. The number of alkyl halides is 3. The number of nitrogens with two attached hydrogens (primary N) is 1. The second-order valence-electron chi connectivity index (χ2n) is 7.68. The topological polar surface area (TPSA) is 110 Å². The summed E-state index contributed by atoms with van der Waals surface area (Å²) in [5.74, 6) is -0.508. The number of carbonyl (C=O) groups is 1. The number of hydrogen-bond donors (Lipinski definition) is 2. The van der Waals surface area contributed by atoms with Gasteiger partial charge in [0.25, 0.3) is 5.91 Å². The van der Waals surface area contributed by atoms with Crippen LogP contribution in [0.2, 0.25) is 0 Å². The Hall–Kier alpha value is -4.91. The molecule has 0 aliphatic carbocycles. The number of hydrogen-bond acceptors (Lipinski definition) is 5. The third kappa shape index (κ3) is 3.89. The Morgan fingerprint density at radius 2 is 1.69 bits per heavy atom. The van der Waals surface area contributed by atoms with E-state index < -0.39 is 17.6 Å². The average molecular weight is 472 g/mol. The van der Waals surface area contributed by atoms with Gasteiger partial charge in [-0.1, -0.05) is 24.3 Å². The van der Waals surface area contributed by atoms with Gasteiger partial charge in [-0.2, -0.15) is 18.4 Å². The highest BCUT2D eigenvalue weighted by Crippen LogP contribution is 2.32. The van der Waals surface area contributed by atoms with Crippen molar-refractivity contribution in [2.45, 2.75) is 6.18 Å². The maximum absolute atomic E-state index is 13.0. The average Bonchev–Trinajstić information content (AvgIpc) is 3.12. The van der Waals surface area contributed by atoms with Crippen LogP contribution in [-0.2, 0) is 6.18 Å². The van der Waals surface area contributed by atoms with Crippen LogP contribution < -0.4 is 11.1 Å². The molecule has 172 valence electrons. The quantitative estimate of drug-likeness (QED) is 0.370. The van der Waals surface area contributed by atoms with Gasteiger partial charge in [-0.3, -0.25) is 9.36 Å². The summed E-state index contributed by atoms with van der Waals surface area (Å²) in [6, 6.07) is 19.9. The van der Waals surface area contributed by atoms with E-state index >= 15 is 0 Å². The van der Waals surface area contributed by atoms with Crippen molar-refractivity contribution in [1.29, 1.82) is 5.26 Å². The van der Waals surface area contributed by atoms with Crippen molar-refractivity contribution in [1.82, 2.24) is 14.5 Å². The summed E-state index contributed by atoms with van der Waals surface area (Å²) in [5, 5.41) is 12.2. The van der Waals surface area contributed by atoms with Crippen LogP contribution in [-0.4, -0.2) is 20.4 Å². The SMILES string of the molecule is N#Cc1c(N)n(-c2cccc(C(=O)Nc3cccc(C(F)(F)F)c3)c2)c2nc3ccccc3nc12. The van der Waals surface area contributed by atoms with Crippen molar-refractivity contribution in [3.05, 3.63) is 89.5 Å². The largest absolute Gasteiger partial charge is 0.416 e. The zero-order valence-corrected chi connectivity index (χ0v) is 17.8. The van der Waals surface area contributed by atoms with Crippen molar-refractivity contribution >= 4 is 39.6 Å². The Balaban J connectivity index is 1.57. The summed E-state index contributed by atoms with van der Waals surface area (Å²) < 4.78 is 40.5. The zero-order valence-electron chi connectivity index (χ0n) is 17.8. The van der Waals surface area contributed by atoms with Crippen LogP contribution >= 0.6 is 0 Å². The van der Waals surface area contributed by atoms with Crippen LogP contribution in [0.1, 0.15) is 21.5 Å². The van der Waals surface area contributed by atoms with E-state index in [2.05, 4.69) is 21.4 Å². The summed E-state index contributed by atoms with van der Waals surface area (Å²) in [7, 11) is 0. The number of nitrogens with zero attached hydrogens (tertiary/aromatic N) is 4. The maximum atomic E-state index is 13.0. The predicted octanol–water partition coefficient (Wildman–Crippen LogP) is 5.30. The molecule has 0 bridgehead atoms. The van der Waals surface area contributed by atoms with Gasteiger partial charge >= 0.3 is 6.18 Å². The van der Waals surface area contributed by atoms with E-state index in [9.17, 15) is 23.2 Å². The van der Waals surface area contributed by atoms with Crippen molar-refractivity contribution in [2.24, 2.45) is 0 Å². The van der Waals surface area contributed by atoms with Gasteiger partial charge < -0.3 is 11.1 Å². The van der Waals surface area contributed by atoms with Crippen LogP contribution in [0.25, 0.3) is 27.9 Å². The van der Waals surface area contributed by atoms with Gasteiger partial charge in [0.2, 0.25) is 0 Å². The molecule has 5 rings (SSSR count). The zero-order chi connectivity index (χ0) is 24.7. The molecule has 0 radical (unpaired) electrons. The highest BCUT2D eigenvalue weighted by Gasteiger charge is 2.30. The number of nitrogens with one attached hydrogen (secondary N) is 1. The van der Waals surface area contributed by atoms with Gasteiger partial charge in [0.15, 0.2) is 5.65 Å². The number of nitrogen functional groups attached to an aromatic ring is 1. The maximum Gasteiger partial charge on any atom is 0.416 e. The molecule has 10 heteroatoms. The van der Waals surface area contributed by atoms with Crippen LogP contribution in [0, 0.1) is 11.3 Å². The van der Waals surface area contributed by atoms with E-state index in [1.165, 1.54) is 28.8 Å². The third-order valence-electron chi connectivity index (χ3n) is 5.42. The normalized spacial score (nSPS) is 11.5. The number of aromatic nitrogens is 3. The number of carbonyl (C=O) groups excluding carboxylic acids is 1. The van der Waals surface area contributed by atoms with E-state index in [0.29, 0.717) is 27.9 Å². The van der Waals surface area contributed by atoms with Crippen LogP contribution in [0.4, 0.5) is 24.7 Å². The van der Waals surface area contributed by atoms with Gasteiger partial charge in [-0.15, -0.1) is 0 Å². The molecule has 2 heterocycles. The van der Waals surface area contributed by atoms with Crippen molar-refractivity contribution in [3.8, 4) is 11.8 Å². The van der Waals surface area contributed by atoms with Gasteiger partial charge in [-0.25, -0.2) is 9.97 Å². The first-order valence-electron chi connectivity index (χ1n) is 10.3. The number of rotatable bonds is 3. The second-order valence-corrected chi connectivity index (χ2v) is 7.68. The summed E-state index contributed by atoms with van der Waals surface area (Å²) in [5.41, 5.74) is 8.04. The Kier molecular flexibility index (Phi) is 5.10. The summed E-state index contributed by atoms with van der Waals surface area (Å²) in [4.78, 5) is 22.0. The van der Waals surface area contributed by atoms with Gasteiger partial charge in [0, 0.05) is 16.9 Å².